The highest BCUT2D eigenvalue weighted by molar-refractivity contribution is 7.16. The summed E-state index contributed by atoms with van der Waals surface area (Å²) < 4.78 is 57.6. The Morgan fingerprint density at radius 2 is 1.74 bits per heavy atom. The van der Waals surface area contributed by atoms with E-state index in [1.165, 1.54) is 38.0 Å². The average Bonchev–Trinajstić information content (AvgIpc) is 3.32. The number of hydrogen-bond donors (Lipinski definition) is 1. The van der Waals surface area contributed by atoms with Crippen molar-refractivity contribution in [3.05, 3.63) is 40.5 Å². The minimum Gasteiger partial charge on any atom is -0.481 e. The maximum Gasteiger partial charge on any atom is 0.416 e. The number of carbonyl (C=O) groups is 1. The number of benzene rings is 1. The van der Waals surface area contributed by atoms with Crippen LogP contribution >= 0.6 is 11.3 Å². The van der Waals surface area contributed by atoms with Crippen molar-refractivity contribution >= 4 is 22.4 Å². The molecule has 2 aliphatic rings. The quantitative estimate of drug-likeness (QED) is 0.378. The van der Waals surface area contributed by atoms with Crippen LogP contribution in [0.5, 0.6) is 17.5 Å². The number of nitrogens with zero attached hydrogens (tertiary/aromatic N) is 3. The lowest BCUT2D eigenvalue weighted by Crippen LogP contribution is -2.41. The van der Waals surface area contributed by atoms with Crippen LogP contribution in [0.15, 0.2) is 24.5 Å². The first-order valence-corrected chi connectivity index (χ1v) is 13.3. The Morgan fingerprint density at radius 1 is 1.10 bits per heavy atom. The normalized spacial score (nSPS) is 20.6. The fourth-order valence-electron chi connectivity index (χ4n) is 5.40. The van der Waals surface area contributed by atoms with Crippen LogP contribution in [0, 0.1) is 11.3 Å². The Hall–Kier alpha value is -3.41. The van der Waals surface area contributed by atoms with E-state index in [2.05, 4.69) is 41.0 Å². The third-order valence-electron chi connectivity index (χ3n) is 7.54. The van der Waals surface area contributed by atoms with Gasteiger partial charge >= 0.3 is 6.18 Å². The molecule has 208 valence electrons. The van der Waals surface area contributed by atoms with Crippen molar-refractivity contribution in [3.8, 4) is 28.8 Å². The van der Waals surface area contributed by atoms with E-state index in [0.29, 0.717) is 30.0 Å². The molecule has 1 aromatic carbocycles. The molecule has 1 aliphatic carbocycles. The topological polar surface area (TPSA) is 95.5 Å². The third kappa shape index (κ3) is 4.90. The molecular weight excluding hydrogens is 533 g/mol. The van der Waals surface area contributed by atoms with E-state index in [4.69, 9.17) is 14.2 Å². The molecule has 1 aliphatic heterocycles. The van der Waals surface area contributed by atoms with Gasteiger partial charge in [0, 0.05) is 5.56 Å². The number of carbonyl (C=O) groups excluding carboxylic acids is 1. The van der Waals surface area contributed by atoms with Gasteiger partial charge in [-0.05, 0) is 55.2 Å². The van der Waals surface area contributed by atoms with Gasteiger partial charge in [0.05, 0.1) is 30.4 Å². The summed E-state index contributed by atoms with van der Waals surface area (Å²) in [6.07, 6.45) is -0.327. The van der Waals surface area contributed by atoms with Crippen LogP contribution in [-0.4, -0.2) is 35.1 Å². The highest BCUT2D eigenvalue weighted by Gasteiger charge is 2.48. The maximum absolute atomic E-state index is 13.6. The Bertz CT molecular complexity index is 1390. The van der Waals surface area contributed by atoms with Gasteiger partial charge < -0.3 is 14.2 Å². The second-order valence-corrected chi connectivity index (χ2v) is 11.9. The summed E-state index contributed by atoms with van der Waals surface area (Å²) in [5, 5.41) is 3.05. The molecule has 2 aromatic heterocycles. The van der Waals surface area contributed by atoms with E-state index >= 15 is 0 Å². The van der Waals surface area contributed by atoms with Crippen LogP contribution in [0.2, 0.25) is 0 Å². The fourth-order valence-corrected chi connectivity index (χ4v) is 6.56. The molecule has 8 nitrogen and oxygen atoms in total. The lowest BCUT2D eigenvalue weighted by atomic mass is 9.67. The molecule has 1 amide bonds. The molecule has 0 unspecified atom stereocenters. The number of fused-ring (bicyclic) bond motifs is 4. The standard InChI is InChI=1S/C27H29F3N4O4S/c1-25(2,3)14-8-10-26(11-9-14)20-19(16-7-6-15(27(28,29)30)12-17(16)38-26)33-24(39-20)34-21(35)18-22(36-4)31-13-32-23(18)37-5/h6-7,12-14H,8-11H2,1-5H3,(H,33,34,35). The highest BCUT2D eigenvalue weighted by atomic mass is 32.1. The van der Waals surface area contributed by atoms with Crippen LogP contribution in [0.1, 0.15) is 67.3 Å². The highest BCUT2D eigenvalue weighted by Crippen LogP contribution is 2.56. The van der Waals surface area contributed by atoms with Crippen LogP contribution in [-0.2, 0) is 11.8 Å². The van der Waals surface area contributed by atoms with Gasteiger partial charge in [-0.15, -0.1) is 0 Å². The van der Waals surface area contributed by atoms with Crippen LogP contribution in [0.4, 0.5) is 18.3 Å². The first-order chi connectivity index (χ1) is 18.4. The number of ether oxygens (including phenoxy) is 3. The Morgan fingerprint density at radius 3 is 2.31 bits per heavy atom. The van der Waals surface area contributed by atoms with Crippen LogP contribution in [0.3, 0.4) is 0 Å². The van der Waals surface area contributed by atoms with Crippen molar-refractivity contribution < 1.29 is 32.2 Å². The minimum atomic E-state index is -4.51. The lowest BCUT2D eigenvalue weighted by molar-refractivity contribution is -0.137. The zero-order valence-corrected chi connectivity index (χ0v) is 23.0. The molecular formula is C27H29F3N4O4S. The van der Waals surface area contributed by atoms with Gasteiger partial charge in [0.1, 0.15) is 17.7 Å². The second kappa shape index (κ2) is 9.65. The number of thiazole rings is 1. The zero-order chi connectivity index (χ0) is 28.2. The molecule has 0 atom stereocenters. The van der Waals surface area contributed by atoms with Gasteiger partial charge in [0.15, 0.2) is 10.7 Å². The molecule has 1 spiro atoms. The number of alkyl halides is 3. The number of methoxy groups -OCH3 is 2. The van der Waals surface area contributed by atoms with Crippen LogP contribution in [0.25, 0.3) is 11.3 Å². The third-order valence-corrected chi connectivity index (χ3v) is 8.70. The van der Waals surface area contributed by atoms with E-state index in [9.17, 15) is 18.0 Å². The van der Waals surface area contributed by atoms with Gasteiger partial charge in [-0.25, -0.2) is 15.0 Å². The lowest BCUT2D eigenvalue weighted by Gasteiger charge is -2.45. The molecule has 0 bridgehead atoms. The Labute approximate surface area is 227 Å². The molecule has 1 N–H and O–H groups in total. The number of amides is 1. The summed E-state index contributed by atoms with van der Waals surface area (Å²) in [6, 6.07) is 3.45. The molecule has 3 aromatic rings. The van der Waals surface area contributed by atoms with Crippen molar-refractivity contribution in [3.63, 3.8) is 0 Å². The van der Waals surface area contributed by atoms with Crippen molar-refractivity contribution in [1.82, 2.24) is 15.0 Å². The number of aromatic nitrogens is 3. The number of nitrogens with one attached hydrogen (secondary N) is 1. The van der Waals surface area contributed by atoms with Crippen molar-refractivity contribution in [1.29, 1.82) is 0 Å². The van der Waals surface area contributed by atoms with Gasteiger partial charge in [-0.3, -0.25) is 10.1 Å². The molecule has 0 radical (unpaired) electrons. The number of hydrogen-bond acceptors (Lipinski definition) is 8. The number of halogens is 3. The average molecular weight is 563 g/mol. The molecule has 12 heteroatoms. The van der Waals surface area contributed by atoms with E-state index in [-0.39, 0.29) is 33.6 Å². The van der Waals surface area contributed by atoms with Gasteiger partial charge in [-0.2, -0.15) is 13.2 Å². The zero-order valence-electron chi connectivity index (χ0n) is 22.2. The first kappa shape index (κ1) is 27.2. The van der Waals surface area contributed by atoms with Gasteiger partial charge in [-0.1, -0.05) is 32.1 Å². The first-order valence-electron chi connectivity index (χ1n) is 12.5. The molecule has 0 saturated heterocycles. The van der Waals surface area contributed by atoms with E-state index < -0.39 is 23.2 Å². The predicted octanol–water partition coefficient (Wildman–Crippen LogP) is 6.71. The number of anilines is 1. The molecule has 1 saturated carbocycles. The summed E-state index contributed by atoms with van der Waals surface area (Å²) in [4.78, 5) is 26.7. The van der Waals surface area contributed by atoms with Gasteiger partial charge in [0.2, 0.25) is 11.8 Å². The molecule has 5 rings (SSSR count). The van der Waals surface area contributed by atoms with Crippen molar-refractivity contribution in [2.75, 3.05) is 19.5 Å². The van der Waals surface area contributed by atoms with E-state index in [1.807, 2.05) is 0 Å². The predicted molar refractivity (Wildman–Crippen MR) is 139 cm³/mol. The monoisotopic (exact) mass is 562 g/mol. The van der Waals surface area contributed by atoms with Crippen molar-refractivity contribution in [2.45, 2.75) is 58.2 Å². The summed E-state index contributed by atoms with van der Waals surface area (Å²) in [6.45, 7) is 6.59. The Kier molecular flexibility index (Phi) is 6.72. The smallest absolute Gasteiger partial charge is 0.416 e. The Balaban J connectivity index is 1.56. The summed E-state index contributed by atoms with van der Waals surface area (Å²) in [5.74, 6) is 0.0733. The van der Waals surface area contributed by atoms with Gasteiger partial charge in [0.25, 0.3) is 5.91 Å². The molecule has 39 heavy (non-hydrogen) atoms. The van der Waals surface area contributed by atoms with Crippen LogP contribution < -0.4 is 19.5 Å². The SMILES string of the molecule is COc1ncnc(OC)c1C(=O)Nc1nc2c(s1)C1(CCC(C(C)(C)C)CC1)Oc1cc(C(F)(F)F)ccc1-2. The second-order valence-electron chi connectivity index (χ2n) is 10.9. The summed E-state index contributed by atoms with van der Waals surface area (Å²) >= 11 is 1.26. The largest absolute Gasteiger partial charge is 0.481 e. The summed E-state index contributed by atoms with van der Waals surface area (Å²) in [5.41, 5.74) is -0.541. The maximum atomic E-state index is 13.6. The molecule has 3 heterocycles. The van der Waals surface area contributed by atoms with E-state index in [1.54, 1.807) is 0 Å². The minimum absolute atomic E-state index is 0.00235. The number of rotatable bonds is 4. The molecule has 1 fully saturated rings. The van der Waals surface area contributed by atoms with E-state index in [0.717, 1.165) is 29.9 Å². The van der Waals surface area contributed by atoms with Crippen molar-refractivity contribution in [2.24, 2.45) is 11.3 Å². The fraction of sp³-hybridized carbons (Fsp3) is 0.481. The summed E-state index contributed by atoms with van der Waals surface area (Å²) in [7, 11) is 2.75.